The van der Waals surface area contributed by atoms with Crippen molar-refractivity contribution in [2.24, 2.45) is 0 Å². The highest BCUT2D eigenvalue weighted by Gasteiger charge is 2.60. The molecule has 0 spiro atoms. The van der Waals surface area contributed by atoms with Crippen molar-refractivity contribution in [2.75, 3.05) is 18.6 Å². The quantitative estimate of drug-likeness (QED) is 0.762. The van der Waals surface area contributed by atoms with Crippen molar-refractivity contribution >= 4 is 11.7 Å². The highest BCUT2D eigenvalue weighted by molar-refractivity contribution is 5.92. The van der Waals surface area contributed by atoms with Gasteiger partial charge in [0, 0.05) is 12.7 Å². The molecule has 0 aromatic heterocycles. The van der Waals surface area contributed by atoms with E-state index in [-0.39, 0.29) is 30.0 Å². The fourth-order valence-corrected chi connectivity index (χ4v) is 3.77. The Morgan fingerprint density at radius 1 is 1.15 bits per heavy atom. The van der Waals surface area contributed by atoms with Crippen molar-refractivity contribution in [3.63, 3.8) is 0 Å². The number of urea groups is 1. The summed E-state index contributed by atoms with van der Waals surface area (Å²) in [6.45, 7) is 4.66. The van der Waals surface area contributed by atoms with Crippen LogP contribution in [0.1, 0.15) is 31.9 Å². The van der Waals surface area contributed by atoms with Gasteiger partial charge in [-0.05, 0) is 31.0 Å². The van der Waals surface area contributed by atoms with Crippen molar-refractivity contribution in [3.05, 3.63) is 66.2 Å². The molecule has 0 unspecified atom stereocenters. The lowest BCUT2D eigenvalue weighted by Crippen LogP contribution is -2.48. The number of hydrogen-bond acceptors (Lipinski definition) is 3. The van der Waals surface area contributed by atoms with Crippen LogP contribution in [0.4, 0.5) is 10.5 Å². The van der Waals surface area contributed by atoms with E-state index in [1.807, 2.05) is 72.6 Å². The van der Waals surface area contributed by atoms with Crippen LogP contribution in [0.3, 0.4) is 0 Å². The van der Waals surface area contributed by atoms with Crippen molar-refractivity contribution in [3.8, 4) is 0 Å². The van der Waals surface area contributed by atoms with Crippen molar-refractivity contribution in [2.45, 2.75) is 44.2 Å². The zero-order valence-electron chi connectivity index (χ0n) is 16.0. The van der Waals surface area contributed by atoms with Gasteiger partial charge in [-0.25, -0.2) is 4.79 Å². The normalized spacial score (nSPS) is 29.6. The van der Waals surface area contributed by atoms with Crippen LogP contribution in [0.15, 0.2) is 60.7 Å². The molecule has 0 bridgehead atoms. The van der Waals surface area contributed by atoms with Gasteiger partial charge < -0.3 is 9.47 Å². The first-order chi connectivity index (χ1) is 13.0. The van der Waals surface area contributed by atoms with E-state index in [0.29, 0.717) is 6.61 Å². The van der Waals surface area contributed by atoms with Gasteiger partial charge in [-0.1, -0.05) is 55.5 Å². The Balaban J connectivity index is 1.65. The van der Waals surface area contributed by atoms with Crippen LogP contribution >= 0.6 is 0 Å². The van der Waals surface area contributed by atoms with Gasteiger partial charge in [-0.2, -0.15) is 0 Å². The molecular formula is C22H26N2O3. The molecule has 5 nitrogen and oxygen atoms in total. The summed E-state index contributed by atoms with van der Waals surface area (Å²) in [5.74, 6) is 0. The summed E-state index contributed by atoms with van der Waals surface area (Å²) in [5.41, 5.74) is 1.71. The van der Waals surface area contributed by atoms with E-state index >= 15 is 0 Å². The van der Waals surface area contributed by atoms with Crippen LogP contribution in [0.2, 0.25) is 0 Å². The Bertz CT molecular complexity index is 798. The maximum atomic E-state index is 13.5. The minimum atomic E-state index is -0.376. The van der Waals surface area contributed by atoms with E-state index < -0.39 is 0 Å². The number of carbonyl (C=O) groups is 1. The number of hydrogen-bond donors (Lipinski definition) is 0. The third-order valence-electron chi connectivity index (χ3n) is 5.77. The third-order valence-corrected chi connectivity index (χ3v) is 5.77. The summed E-state index contributed by atoms with van der Waals surface area (Å²) in [4.78, 5) is 17.0. The molecule has 2 aliphatic heterocycles. The Morgan fingerprint density at radius 3 is 2.37 bits per heavy atom. The van der Waals surface area contributed by atoms with Gasteiger partial charge in [0.2, 0.25) is 0 Å². The summed E-state index contributed by atoms with van der Waals surface area (Å²) in [5, 5.41) is 0. The number of amides is 2. The SMILES string of the molecule is CC[C@]1(C)O[C@@H]1[C@@H]1OC[C@H](c2ccccc2)N1C(=O)N(C)c1ccccc1. The van der Waals surface area contributed by atoms with E-state index in [2.05, 4.69) is 13.8 Å². The van der Waals surface area contributed by atoms with Gasteiger partial charge in [0.15, 0.2) is 6.23 Å². The number of carbonyl (C=O) groups excluding carboxylic acids is 1. The first-order valence-corrected chi connectivity index (χ1v) is 9.50. The highest BCUT2D eigenvalue weighted by Crippen LogP contribution is 2.47. The summed E-state index contributed by atoms with van der Waals surface area (Å²) in [6.07, 6.45) is 0.424. The number of para-hydroxylation sites is 1. The second-order valence-electron chi connectivity index (χ2n) is 7.44. The average Bonchev–Trinajstić information content (AvgIpc) is 3.21. The zero-order chi connectivity index (χ0) is 19.0. The molecule has 142 valence electrons. The maximum absolute atomic E-state index is 13.5. The lowest BCUT2D eigenvalue weighted by molar-refractivity contribution is 0.0275. The monoisotopic (exact) mass is 366 g/mol. The topological polar surface area (TPSA) is 45.3 Å². The molecule has 0 aliphatic carbocycles. The minimum absolute atomic E-state index is 0.0773. The fraction of sp³-hybridized carbons (Fsp3) is 0.409. The van der Waals surface area contributed by atoms with Crippen molar-refractivity contribution in [1.29, 1.82) is 0 Å². The zero-order valence-corrected chi connectivity index (χ0v) is 16.0. The van der Waals surface area contributed by atoms with Crippen molar-refractivity contribution < 1.29 is 14.3 Å². The maximum Gasteiger partial charge on any atom is 0.326 e. The van der Waals surface area contributed by atoms with Crippen LogP contribution in [0, 0.1) is 0 Å². The molecule has 2 aromatic carbocycles. The molecule has 2 fully saturated rings. The van der Waals surface area contributed by atoms with E-state index in [9.17, 15) is 4.79 Å². The number of anilines is 1. The standard InChI is InChI=1S/C22H26N2O3/c1-4-22(2)19(27-22)20-24(18(15-26-20)16-11-7-5-8-12-16)21(25)23(3)17-13-9-6-10-14-17/h5-14,18-20H,4,15H2,1-3H3/t18-,19-,20+,22+/m1/s1. The predicted octanol–water partition coefficient (Wildman–Crippen LogP) is 4.21. The summed E-state index contributed by atoms with van der Waals surface area (Å²) in [6, 6.07) is 19.6. The first kappa shape index (κ1) is 18.0. The molecule has 27 heavy (non-hydrogen) atoms. The Morgan fingerprint density at radius 2 is 1.78 bits per heavy atom. The van der Waals surface area contributed by atoms with Crippen LogP contribution in [0.5, 0.6) is 0 Å². The Hall–Kier alpha value is -2.37. The smallest absolute Gasteiger partial charge is 0.326 e. The number of benzene rings is 2. The van der Waals surface area contributed by atoms with Gasteiger partial charge in [0.05, 0.1) is 18.2 Å². The summed E-state index contributed by atoms with van der Waals surface area (Å²) < 4.78 is 12.1. The van der Waals surface area contributed by atoms with E-state index in [1.54, 1.807) is 4.90 Å². The molecule has 2 amide bonds. The predicted molar refractivity (Wildman–Crippen MR) is 105 cm³/mol. The number of nitrogens with zero attached hydrogens (tertiary/aromatic N) is 2. The molecule has 4 atom stereocenters. The van der Waals surface area contributed by atoms with Crippen LogP contribution < -0.4 is 4.90 Å². The second kappa shape index (κ2) is 6.98. The molecule has 5 heteroatoms. The number of ether oxygens (including phenoxy) is 2. The van der Waals surface area contributed by atoms with Gasteiger partial charge in [-0.15, -0.1) is 0 Å². The molecule has 4 rings (SSSR count). The minimum Gasteiger partial charge on any atom is -0.361 e. The Kier molecular flexibility index (Phi) is 4.66. The van der Waals surface area contributed by atoms with E-state index in [1.165, 1.54) is 0 Å². The number of epoxide rings is 1. The number of rotatable bonds is 4. The largest absolute Gasteiger partial charge is 0.361 e. The highest BCUT2D eigenvalue weighted by atomic mass is 16.6. The Labute approximate surface area is 160 Å². The van der Waals surface area contributed by atoms with Gasteiger partial charge in [-0.3, -0.25) is 9.80 Å². The molecule has 0 radical (unpaired) electrons. The average molecular weight is 366 g/mol. The van der Waals surface area contributed by atoms with Gasteiger partial charge in [0.25, 0.3) is 0 Å². The molecule has 2 saturated heterocycles. The lowest BCUT2D eigenvalue weighted by Gasteiger charge is -2.32. The molecule has 0 saturated carbocycles. The molecule has 2 heterocycles. The van der Waals surface area contributed by atoms with Gasteiger partial charge in [0.1, 0.15) is 6.10 Å². The van der Waals surface area contributed by atoms with Gasteiger partial charge >= 0.3 is 6.03 Å². The van der Waals surface area contributed by atoms with Crippen LogP contribution in [0.25, 0.3) is 0 Å². The van der Waals surface area contributed by atoms with E-state index in [4.69, 9.17) is 9.47 Å². The molecular weight excluding hydrogens is 340 g/mol. The molecule has 2 aliphatic rings. The molecule has 2 aromatic rings. The van der Waals surface area contributed by atoms with Crippen LogP contribution in [-0.2, 0) is 9.47 Å². The van der Waals surface area contributed by atoms with Crippen LogP contribution in [-0.4, -0.2) is 42.5 Å². The lowest BCUT2D eigenvalue weighted by atomic mass is 10.0. The molecule has 0 N–H and O–H groups in total. The van der Waals surface area contributed by atoms with Crippen molar-refractivity contribution in [1.82, 2.24) is 4.90 Å². The summed E-state index contributed by atoms with van der Waals surface area (Å²) >= 11 is 0. The fourth-order valence-electron chi connectivity index (χ4n) is 3.77. The summed E-state index contributed by atoms with van der Waals surface area (Å²) in [7, 11) is 1.81. The van der Waals surface area contributed by atoms with E-state index in [0.717, 1.165) is 17.7 Å². The second-order valence-corrected chi connectivity index (χ2v) is 7.44. The third kappa shape index (κ3) is 3.22. The first-order valence-electron chi connectivity index (χ1n) is 9.50.